The van der Waals surface area contributed by atoms with E-state index in [-0.39, 0.29) is 24.8 Å². The number of piperazine rings is 1. The minimum Gasteiger partial charge on any atom is -0.381 e. The molecule has 2 aliphatic rings. The molecule has 2 saturated heterocycles. The molecular weight excluding hydrogens is 343 g/mol. The highest BCUT2D eigenvalue weighted by molar-refractivity contribution is 6.30. The first-order valence-corrected chi connectivity index (χ1v) is 8.00. The van der Waals surface area contributed by atoms with Crippen molar-refractivity contribution >= 4 is 36.4 Å². The zero-order valence-corrected chi connectivity index (χ0v) is 15.1. The van der Waals surface area contributed by atoms with Crippen LogP contribution in [0.25, 0.3) is 0 Å². The van der Waals surface area contributed by atoms with Gasteiger partial charge in [-0.05, 0) is 36.5 Å². The molecule has 0 spiro atoms. The highest BCUT2D eigenvalue weighted by Gasteiger charge is 2.31. The van der Waals surface area contributed by atoms with Crippen LogP contribution < -0.4 is 5.32 Å². The second-order valence-corrected chi connectivity index (χ2v) is 6.17. The lowest BCUT2D eigenvalue weighted by molar-refractivity contribution is 0.0213. The van der Waals surface area contributed by atoms with E-state index in [1.807, 2.05) is 12.1 Å². The first-order valence-electron chi connectivity index (χ1n) is 7.62. The van der Waals surface area contributed by atoms with Crippen LogP contribution in [0.4, 0.5) is 0 Å². The summed E-state index contributed by atoms with van der Waals surface area (Å²) in [6.07, 6.45) is 2.33. The van der Waals surface area contributed by atoms with Gasteiger partial charge in [0.2, 0.25) is 0 Å². The van der Waals surface area contributed by atoms with E-state index in [2.05, 4.69) is 22.3 Å². The molecule has 0 aliphatic carbocycles. The first-order chi connectivity index (χ1) is 9.84. The van der Waals surface area contributed by atoms with Crippen LogP contribution in [0.1, 0.15) is 24.4 Å². The van der Waals surface area contributed by atoms with Crippen LogP contribution in [0.15, 0.2) is 24.3 Å². The quantitative estimate of drug-likeness (QED) is 0.884. The van der Waals surface area contributed by atoms with Crippen molar-refractivity contribution in [2.24, 2.45) is 5.92 Å². The number of benzene rings is 1. The van der Waals surface area contributed by atoms with Gasteiger partial charge in [-0.25, -0.2) is 0 Å². The minimum atomic E-state index is 0. The van der Waals surface area contributed by atoms with E-state index in [0.29, 0.717) is 12.0 Å². The van der Waals surface area contributed by atoms with Gasteiger partial charge in [-0.3, -0.25) is 4.90 Å². The van der Waals surface area contributed by atoms with Crippen molar-refractivity contribution in [2.45, 2.75) is 18.9 Å². The number of ether oxygens (including phenoxy) is 1. The second-order valence-electron chi connectivity index (χ2n) is 5.73. The zero-order chi connectivity index (χ0) is 13.8. The number of hydrogen-bond donors (Lipinski definition) is 1. The minimum absolute atomic E-state index is 0. The number of nitrogens with one attached hydrogen (secondary N) is 1. The van der Waals surface area contributed by atoms with Crippen LogP contribution >= 0.6 is 36.4 Å². The maximum absolute atomic E-state index is 6.04. The Bertz CT molecular complexity index is 400. The molecule has 0 aromatic heterocycles. The van der Waals surface area contributed by atoms with Gasteiger partial charge in [0.15, 0.2) is 0 Å². The number of nitrogens with zero attached hydrogens (tertiary/aromatic N) is 1. The maximum atomic E-state index is 6.04. The first kappa shape index (κ1) is 20.0. The van der Waals surface area contributed by atoms with Gasteiger partial charge in [0.05, 0.1) is 0 Å². The Labute approximate surface area is 150 Å². The third-order valence-corrected chi connectivity index (χ3v) is 4.72. The number of hydrogen-bond acceptors (Lipinski definition) is 3. The monoisotopic (exact) mass is 366 g/mol. The fraction of sp³-hybridized carbons (Fsp3) is 0.625. The molecule has 6 heteroatoms. The summed E-state index contributed by atoms with van der Waals surface area (Å²) in [4.78, 5) is 2.63. The SMILES string of the molecule is Cl.Cl.Clc1ccc([C@@H](C2CCOCC2)N2CCNCC2)cc1. The van der Waals surface area contributed by atoms with Crippen LogP contribution in [-0.4, -0.2) is 44.3 Å². The Balaban J connectivity index is 0.00000121. The van der Waals surface area contributed by atoms with Crippen molar-refractivity contribution in [1.29, 1.82) is 0 Å². The smallest absolute Gasteiger partial charge is 0.0469 e. The normalized spacial score (nSPS) is 21.5. The molecule has 3 rings (SSSR count). The van der Waals surface area contributed by atoms with Gasteiger partial charge in [0.25, 0.3) is 0 Å². The van der Waals surface area contributed by atoms with E-state index in [9.17, 15) is 0 Å². The molecule has 0 unspecified atom stereocenters. The third kappa shape index (κ3) is 4.98. The van der Waals surface area contributed by atoms with Gasteiger partial charge in [-0.2, -0.15) is 0 Å². The Morgan fingerprint density at radius 1 is 1.05 bits per heavy atom. The van der Waals surface area contributed by atoms with Crippen LogP contribution in [0.3, 0.4) is 0 Å². The molecule has 1 atom stereocenters. The van der Waals surface area contributed by atoms with Crippen molar-refractivity contribution in [1.82, 2.24) is 10.2 Å². The molecule has 0 radical (unpaired) electrons. The molecule has 0 bridgehead atoms. The second kappa shape index (κ2) is 9.96. The molecule has 0 amide bonds. The topological polar surface area (TPSA) is 24.5 Å². The van der Waals surface area contributed by atoms with Crippen molar-refractivity contribution in [2.75, 3.05) is 39.4 Å². The maximum Gasteiger partial charge on any atom is 0.0469 e. The highest BCUT2D eigenvalue weighted by atomic mass is 35.5. The van der Waals surface area contributed by atoms with Crippen molar-refractivity contribution in [3.8, 4) is 0 Å². The van der Waals surface area contributed by atoms with Gasteiger partial charge >= 0.3 is 0 Å². The van der Waals surface area contributed by atoms with E-state index < -0.39 is 0 Å². The molecule has 2 heterocycles. The summed E-state index contributed by atoms with van der Waals surface area (Å²) in [5, 5.41) is 4.26. The Kier molecular flexibility index (Phi) is 9.07. The number of rotatable bonds is 3. The highest BCUT2D eigenvalue weighted by Crippen LogP contribution is 2.35. The van der Waals surface area contributed by atoms with E-state index in [0.717, 1.165) is 57.3 Å². The molecule has 0 saturated carbocycles. The molecule has 22 heavy (non-hydrogen) atoms. The molecule has 2 aliphatic heterocycles. The summed E-state index contributed by atoms with van der Waals surface area (Å²) >= 11 is 6.04. The van der Waals surface area contributed by atoms with Crippen LogP contribution in [-0.2, 0) is 4.74 Å². The fourth-order valence-corrected chi connectivity index (χ4v) is 3.56. The van der Waals surface area contributed by atoms with Crippen molar-refractivity contribution in [3.63, 3.8) is 0 Å². The van der Waals surface area contributed by atoms with Crippen LogP contribution in [0.2, 0.25) is 5.02 Å². The Morgan fingerprint density at radius 2 is 1.64 bits per heavy atom. The predicted octanol–water partition coefficient (Wildman–Crippen LogP) is 3.56. The zero-order valence-electron chi connectivity index (χ0n) is 12.7. The number of halogens is 3. The van der Waals surface area contributed by atoms with Gasteiger partial charge in [-0.15, -0.1) is 24.8 Å². The standard InChI is InChI=1S/C16H23ClN2O.2ClH/c17-15-3-1-13(2-4-15)16(14-5-11-20-12-6-14)19-9-7-18-8-10-19;;/h1-4,14,16,18H,5-12H2;2*1H/t16-;;/m0../s1. The lowest BCUT2D eigenvalue weighted by Gasteiger charge is -2.41. The van der Waals surface area contributed by atoms with E-state index in [1.54, 1.807) is 0 Å². The average Bonchev–Trinajstić information content (AvgIpc) is 2.52. The van der Waals surface area contributed by atoms with Crippen molar-refractivity contribution < 1.29 is 4.74 Å². The summed E-state index contributed by atoms with van der Waals surface area (Å²) < 4.78 is 5.54. The van der Waals surface area contributed by atoms with E-state index in [1.165, 1.54) is 5.56 Å². The average molecular weight is 368 g/mol. The van der Waals surface area contributed by atoms with Crippen molar-refractivity contribution in [3.05, 3.63) is 34.9 Å². The molecule has 3 nitrogen and oxygen atoms in total. The van der Waals surface area contributed by atoms with Gasteiger partial charge in [-0.1, -0.05) is 23.7 Å². The molecule has 1 aromatic carbocycles. The van der Waals surface area contributed by atoms with Gasteiger partial charge in [0.1, 0.15) is 0 Å². The molecule has 2 fully saturated rings. The summed E-state index contributed by atoms with van der Waals surface area (Å²) in [5.74, 6) is 0.697. The molecular formula is C16H25Cl3N2O. The summed E-state index contributed by atoms with van der Waals surface area (Å²) in [6.45, 7) is 6.25. The molecule has 1 aromatic rings. The molecule has 1 N–H and O–H groups in total. The summed E-state index contributed by atoms with van der Waals surface area (Å²) in [6, 6.07) is 8.95. The lowest BCUT2D eigenvalue weighted by Crippen LogP contribution is -2.47. The summed E-state index contributed by atoms with van der Waals surface area (Å²) in [7, 11) is 0. The largest absolute Gasteiger partial charge is 0.381 e. The summed E-state index contributed by atoms with van der Waals surface area (Å²) in [5.41, 5.74) is 1.41. The van der Waals surface area contributed by atoms with E-state index >= 15 is 0 Å². The van der Waals surface area contributed by atoms with Crippen LogP contribution in [0, 0.1) is 5.92 Å². The Hall–Kier alpha value is -0.0300. The third-order valence-electron chi connectivity index (χ3n) is 4.47. The Morgan fingerprint density at radius 3 is 2.23 bits per heavy atom. The molecule has 126 valence electrons. The van der Waals surface area contributed by atoms with Crippen LogP contribution in [0.5, 0.6) is 0 Å². The fourth-order valence-electron chi connectivity index (χ4n) is 3.43. The van der Waals surface area contributed by atoms with Gasteiger partial charge in [0, 0.05) is 50.5 Å². The van der Waals surface area contributed by atoms with E-state index in [4.69, 9.17) is 16.3 Å². The lowest BCUT2D eigenvalue weighted by atomic mass is 9.85. The van der Waals surface area contributed by atoms with Gasteiger partial charge < -0.3 is 10.1 Å². The predicted molar refractivity (Wildman–Crippen MR) is 96.7 cm³/mol.